The Labute approximate surface area is 140 Å². The van der Waals surface area contributed by atoms with E-state index in [1.807, 2.05) is 6.07 Å². The van der Waals surface area contributed by atoms with E-state index < -0.39 is 23.8 Å². The van der Waals surface area contributed by atoms with Gasteiger partial charge < -0.3 is 15.4 Å². The van der Waals surface area contributed by atoms with Gasteiger partial charge >= 0.3 is 12.1 Å². The van der Waals surface area contributed by atoms with Gasteiger partial charge in [-0.3, -0.25) is 0 Å². The van der Waals surface area contributed by atoms with Crippen molar-refractivity contribution in [3.05, 3.63) is 59.7 Å². The molecular weight excluding hydrogens is 335 g/mol. The van der Waals surface area contributed by atoms with Crippen molar-refractivity contribution in [2.24, 2.45) is 0 Å². The van der Waals surface area contributed by atoms with Crippen LogP contribution in [0.2, 0.25) is 0 Å². The number of anilines is 1. The Kier molecular flexibility index (Phi) is 4.35. The fraction of sp³-hybridized carbons (Fsp3) is 0.176. The normalized spacial score (nSPS) is 12.9. The number of carboxylic acids is 1. The molecule has 0 saturated heterocycles. The van der Waals surface area contributed by atoms with Crippen LogP contribution in [0.25, 0.3) is 11.0 Å². The van der Waals surface area contributed by atoms with Crippen LogP contribution in [0.3, 0.4) is 0 Å². The first kappa shape index (κ1) is 16.8. The van der Waals surface area contributed by atoms with E-state index in [-0.39, 0.29) is 17.9 Å². The van der Waals surface area contributed by atoms with Gasteiger partial charge in [-0.05, 0) is 23.8 Å². The highest BCUT2D eigenvalue weighted by Crippen LogP contribution is 2.29. The molecule has 0 saturated carbocycles. The van der Waals surface area contributed by atoms with E-state index in [9.17, 15) is 23.1 Å². The molecule has 0 aliphatic carbocycles. The van der Waals surface area contributed by atoms with Gasteiger partial charge in [0.2, 0.25) is 5.95 Å². The second kappa shape index (κ2) is 6.46. The highest BCUT2D eigenvalue weighted by molar-refractivity contribution is 5.80. The van der Waals surface area contributed by atoms with Gasteiger partial charge in [0.15, 0.2) is 0 Å². The Balaban J connectivity index is 1.81. The summed E-state index contributed by atoms with van der Waals surface area (Å²) in [5, 5.41) is 12.1. The number of alkyl halides is 3. The second-order valence-electron chi connectivity index (χ2n) is 5.54. The van der Waals surface area contributed by atoms with Crippen LogP contribution < -0.4 is 5.32 Å². The number of H-pyrrole nitrogens is 1. The largest absolute Gasteiger partial charge is 0.480 e. The van der Waals surface area contributed by atoms with Crippen molar-refractivity contribution in [2.75, 3.05) is 5.32 Å². The fourth-order valence-corrected chi connectivity index (χ4v) is 2.50. The van der Waals surface area contributed by atoms with E-state index in [1.165, 1.54) is 12.1 Å². The summed E-state index contributed by atoms with van der Waals surface area (Å²) >= 11 is 0. The quantitative estimate of drug-likeness (QED) is 0.656. The number of fused-ring (bicyclic) bond motifs is 1. The molecule has 0 spiro atoms. The number of carbonyl (C=O) groups is 1. The highest BCUT2D eigenvalue weighted by atomic mass is 19.4. The summed E-state index contributed by atoms with van der Waals surface area (Å²) in [5.41, 5.74) is 0.852. The zero-order valence-corrected chi connectivity index (χ0v) is 12.8. The summed E-state index contributed by atoms with van der Waals surface area (Å²) in [6, 6.07) is 10.7. The molecule has 0 amide bonds. The molecule has 0 aliphatic heterocycles. The maximum Gasteiger partial charge on any atom is 0.416 e. The molecule has 5 nitrogen and oxygen atoms in total. The summed E-state index contributed by atoms with van der Waals surface area (Å²) < 4.78 is 38.3. The molecule has 1 aromatic heterocycles. The molecule has 3 rings (SSSR count). The number of para-hydroxylation sites is 2. The van der Waals surface area contributed by atoms with Crippen LogP contribution in [0.5, 0.6) is 0 Å². The minimum atomic E-state index is -4.47. The topological polar surface area (TPSA) is 78.0 Å². The van der Waals surface area contributed by atoms with Crippen molar-refractivity contribution in [1.29, 1.82) is 0 Å². The molecule has 0 aliphatic rings. The molecule has 0 bridgehead atoms. The third-order valence-electron chi connectivity index (χ3n) is 3.69. The van der Waals surface area contributed by atoms with E-state index in [4.69, 9.17) is 0 Å². The average molecular weight is 349 g/mol. The third kappa shape index (κ3) is 3.90. The number of aliphatic carboxylic acids is 1. The zero-order chi connectivity index (χ0) is 18.0. The maximum atomic E-state index is 12.8. The van der Waals surface area contributed by atoms with Crippen LogP contribution >= 0.6 is 0 Å². The Morgan fingerprint density at radius 2 is 1.96 bits per heavy atom. The smallest absolute Gasteiger partial charge is 0.416 e. The molecule has 2 aromatic carbocycles. The lowest BCUT2D eigenvalue weighted by molar-refractivity contribution is -0.138. The summed E-state index contributed by atoms with van der Waals surface area (Å²) in [5.74, 6) is -0.932. The number of carboxylic acid groups (broad SMARTS) is 1. The highest BCUT2D eigenvalue weighted by Gasteiger charge is 2.30. The van der Waals surface area contributed by atoms with Gasteiger partial charge in [0.1, 0.15) is 6.04 Å². The first-order valence-corrected chi connectivity index (χ1v) is 7.43. The van der Waals surface area contributed by atoms with Crippen LogP contribution in [0.1, 0.15) is 11.1 Å². The van der Waals surface area contributed by atoms with Crippen molar-refractivity contribution >= 4 is 23.0 Å². The Hall–Kier alpha value is -3.03. The minimum absolute atomic E-state index is 0.115. The van der Waals surface area contributed by atoms with E-state index in [0.717, 1.165) is 17.6 Å². The van der Waals surface area contributed by atoms with Crippen molar-refractivity contribution < 1.29 is 23.1 Å². The van der Waals surface area contributed by atoms with E-state index >= 15 is 0 Å². The molecule has 1 unspecified atom stereocenters. The summed E-state index contributed by atoms with van der Waals surface area (Å²) in [4.78, 5) is 18.6. The van der Waals surface area contributed by atoms with E-state index in [0.29, 0.717) is 5.52 Å². The SMILES string of the molecule is O=C(O)C(Cc1cccc(C(F)(F)F)c1)Nc1nc2ccccc2[nH]1. The van der Waals surface area contributed by atoms with Crippen molar-refractivity contribution in [2.45, 2.75) is 18.6 Å². The Bertz CT molecular complexity index is 872. The number of nitrogens with zero attached hydrogens (tertiary/aromatic N) is 1. The van der Waals surface area contributed by atoms with Crippen LogP contribution in [-0.2, 0) is 17.4 Å². The molecule has 8 heteroatoms. The number of imidazole rings is 1. The Morgan fingerprint density at radius 3 is 2.64 bits per heavy atom. The summed E-state index contributed by atoms with van der Waals surface area (Å²) in [6.07, 6.45) is -4.59. The molecule has 3 aromatic rings. The monoisotopic (exact) mass is 349 g/mol. The average Bonchev–Trinajstić information content (AvgIpc) is 2.96. The van der Waals surface area contributed by atoms with Gasteiger partial charge in [-0.2, -0.15) is 13.2 Å². The van der Waals surface area contributed by atoms with Gasteiger partial charge in [0.25, 0.3) is 0 Å². The van der Waals surface area contributed by atoms with Gasteiger partial charge in [0, 0.05) is 6.42 Å². The lowest BCUT2D eigenvalue weighted by atomic mass is 10.0. The fourth-order valence-electron chi connectivity index (χ4n) is 2.50. The first-order chi connectivity index (χ1) is 11.8. The zero-order valence-electron chi connectivity index (χ0n) is 12.8. The molecule has 130 valence electrons. The van der Waals surface area contributed by atoms with Crippen molar-refractivity contribution in [3.63, 3.8) is 0 Å². The maximum absolute atomic E-state index is 12.8. The van der Waals surface area contributed by atoms with Crippen molar-refractivity contribution in [1.82, 2.24) is 9.97 Å². The lowest BCUT2D eigenvalue weighted by Gasteiger charge is -2.15. The molecule has 3 N–H and O–H groups in total. The molecule has 0 fully saturated rings. The van der Waals surface area contributed by atoms with Crippen LogP contribution in [0, 0.1) is 0 Å². The number of halogens is 3. The predicted octanol–water partition coefficient (Wildman–Crippen LogP) is 3.69. The van der Waals surface area contributed by atoms with Crippen LogP contribution in [0.15, 0.2) is 48.5 Å². The number of aromatic amines is 1. The number of rotatable bonds is 5. The predicted molar refractivity (Wildman–Crippen MR) is 86.3 cm³/mol. The lowest BCUT2D eigenvalue weighted by Crippen LogP contribution is -2.32. The molecule has 1 heterocycles. The van der Waals surface area contributed by atoms with Crippen LogP contribution in [0.4, 0.5) is 19.1 Å². The van der Waals surface area contributed by atoms with Gasteiger partial charge in [-0.1, -0.05) is 30.3 Å². The minimum Gasteiger partial charge on any atom is -0.480 e. The number of benzene rings is 2. The number of hydrogen-bond donors (Lipinski definition) is 3. The van der Waals surface area contributed by atoms with Gasteiger partial charge in [-0.25, -0.2) is 9.78 Å². The third-order valence-corrected chi connectivity index (χ3v) is 3.69. The molecular formula is C17H14F3N3O2. The Morgan fingerprint density at radius 1 is 1.20 bits per heavy atom. The standard InChI is InChI=1S/C17H14F3N3O2/c18-17(19,20)11-5-3-4-10(8-11)9-14(15(24)25)23-16-21-12-6-1-2-7-13(12)22-16/h1-8,14H,9H2,(H,24,25)(H2,21,22,23). The van der Waals surface area contributed by atoms with Crippen LogP contribution in [-0.4, -0.2) is 27.1 Å². The number of nitrogens with one attached hydrogen (secondary N) is 2. The number of aromatic nitrogens is 2. The van der Waals surface area contributed by atoms with Gasteiger partial charge in [-0.15, -0.1) is 0 Å². The van der Waals surface area contributed by atoms with E-state index in [2.05, 4.69) is 15.3 Å². The molecule has 25 heavy (non-hydrogen) atoms. The van der Waals surface area contributed by atoms with Gasteiger partial charge in [0.05, 0.1) is 16.6 Å². The molecule has 1 atom stereocenters. The van der Waals surface area contributed by atoms with Crippen molar-refractivity contribution in [3.8, 4) is 0 Å². The molecule has 0 radical (unpaired) electrons. The number of hydrogen-bond acceptors (Lipinski definition) is 3. The first-order valence-electron chi connectivity index (χ1n) is 7.43. The summed E-state index contributed by atoms with van der Waals surface area (Å²) in [7, 11) is 0. The van der Waals surface area contributed by atoms with E-state index in [1.54, 1.807) is 18.2 Å². The summed E-state index contributed by atoms with van der Waals surface area (Å²) in [6.45, 7) is 0. The second-order valence-corrected chi connectivity index (χ2v) is 5.54.